The van der Waals surface area contributed by atoms with Gasteiger partial charge >= 0.3 is 0 Å². The van der Waals surface area contributed by atoms with E-state index < -0.39 is 0 Å². The molecule has 0 aromatic heterocycles. The second-order valence-electron chi connectivity index (χ2n) is 10.9. The Balaban J connectivity index is -0.000000191. The third kappa shape index (κ3) is 26.0. The van der Waals surface area contributed by atoms with E-state index in [1.165, 1.54) is 40.6 Å². The van der Waals surface area contributed by atoms with Crippen molar-refractivity contribution in [2.24, 2.45) is 23.3 Å². The van der Waals surface area contributed by atoms with Gasteiger partial charge in [0.05, 0.1) is 0 Å². The quantitative estimate of drug-likeness (QED) is 0.148. The van der Waals surface area contributed by atoms with E-state index >= 15 is 0 Å². The minimum atomic E-state index is 0.208. The fraction of sp³-hybridized carbons (Fsp3) is 0.562. The molecule has 0 aromatic rings. The van der Waals surface area contributed by atoms with Crippen molar-refractivity contribution in [3.63, 3.8) is 0 Å². The normalized spacial score (nSPS) is 18.1. The maximum atomic E-state index is 5.52. The smallest absolute Gasteiger partial charge is 0.0429 e. The Labute approximate surface area is 333 Å². The van der Waals surface area contributed by atoms with Gasteiger partial charge in [0.25, 0.3) is 0 Å². The lowest BCUT2D eigenvalue weighted by Gasteiger charge is -2.35. The third-order valence-corrected chi connectivity index (χ3v) is 8.20. The van der Waals surface area contributed by atoms with Crippen molar-refractivity contribution in [1.29, 1.82) is 0 Å². The molecule has 0 bridgehead atoms. The zero-order valence-electron chi connectivity index (χ0n) is 37.7. The zero-order valence-corrected chi connectivity index (χ0v) is 38.5. The molecule has 0 spiro atoms. The Morgan fingerprint density at radius 1 is 1.00 bits per heavy atom. The summed E-state index contributed by atoms with van der Waals surface area (Å²) >= 11 is 5.32. The summed E-state index contributed by atoms with van der Waals surface area (Å²) in [5.74, 6) is 1.05. The van der Waals surface area contributed by atoms with Gasteiger partial charge < -0.3 is 16.4 Å². The molecule has 3 unspecified atom stereocenters. The molecule has 0 radical (unpaired) electrons. The highest BCUT2D eigenvalue weighted by Gasteiger charge is 2.27. The Morgan fingerprint density at radius 3 is 1.87 bits per heavy atom. The molecule has 0 saturated heterocycles. The summed E-state index contributed by atoms with van der Waals surface area (Å²) in [6.45, 7) is 49.7. The van der Waals surface area contributed by atoms with Crippen LogP contribution in [0.1, 0.15) is 143 Å². The Bertz CT molecular complexity index is 1100. The van der Waals surface area contributed by atoms with Crippen LogP contribution in [0.2, 0.25) is 0 Å². The SMILES string of the molecule is C=C(C)C(N)CC.C=C1CC=C/C1=C/C=C(CC)/C(=C/C)N1CCC2=C(C=C(C)C(C=S)CC2C)C1.C=CC=C.CC.CC.CC.CC.CC.CN. The molecule has 3 atom stereocenters. The van der Waals surface area contributed by atoms with Crippen molar-refractivity contribution in [3.05, 3.63) is 120 Å². The fourth-order valence-electron chi connectivity index (χ4n) is 5.19. The standard InChI is InChI=1S/C27H35NS.C6H13N.C4H6.5C2H6.CH5N/c1-6-22(11-12-23-10-8-9-19(23)3)27(7-2)28-14-13-26-21(5)16-25(18-29)20(4)15-24(26)17-28;1-4-6(7)5(2)3;1-3-4-2;6*1-2/h7-8,10-12,15,18,21,25H,3,6,9,13-14,16-17H2,1-2,4-5H3;6H,2,4,7H2,1,3H3;3-4H,1-2H2;5*1-2H3;2H2,1H3/b22-11+,23-12-,27-7-;;;;;;;;. The second kappa shape index (κ2) is 44.4. The minimum absolute atomic E-state index is 0.208. The molecule has 52 heavy (non-hydrogen) atoms. The first-order chi connectivity index (χ1) is 25.1. The van der Waals surface area contributed by atoms with E-state index in [9.17, 15) is 0 Å². The van der Waals surface area contributed by atoms with Gasteiger partial charge in [-0.15, -0.1) is 0 Å². The molecule has 3 nitrogen and oxygen atoms in total. The summed E-state index contributed by atoms with van der Waals surface area (Å²) in [5.41, 5.74) is 20.9. The van der Waals surface area contributed by atoms with Gasteiger partial charge in [-0.25, -0.2) is 0 Å². The lowest BCUT2D eigenvalue weighted by atomic mass is 9.86. The maximum absolute atomic E-state index is 5.52. The molecule has 2 aliphatic carbocycles. The van der Waals surface area contributed by atoms with Crippen molar-refractivity contribution in [2.75, 3.05) is 20.1 Å². The second-order valence-corrected chi connectivity index (χ2v) is 11.1. The lowest BCUT2D eigenvalue weighted by Crippen LogP contribution is -2.32. The van der Waals surface area contributed by atoms with Crippen molar-refractivity contribution >= 4 is 17.6 Å². The monoisotopic (exact) mass is 740 g/mol. The van der Waals surface area contributed by atoms with Crippen molar-refractivity contribution in [3.8, 4) is 0 Å². The average molecular weight is 740 g/mol. The molecule has 4 heteroatoms. The van der Waals surface area contributed by atoms with Crippen molar-refractivity contribution in [1.82, 2.24) is 4.90 Å². The summed E-state index contributed by atoms with van der Waals surface area (Å²) in [4.78, 5) is 2.57. The summed E-state index contributed by atoms with van der Waals surface area (Å²) in [7, 11) is 1.50. The Kier molecular flexibility index (Phi) is 52.3. The number of hydrogen-bond donors (Lipinski definition) is 2. The molecule has 4 N–H and O–H groups in total. The van der Waals surface area contributed by atoms with Gasteiger partial charge in [-0.1, -0.05) is 194 Å². The van der Waals surface area contributed by atoms with Crippen LogP contribution in [0, 0.1) is 11.8 Å². The molecule has 302 valence electrons. The summed E-state index contributed by atoms with van der Waals surface area (Å²) in [6, 6.07) is 0.208. The van der Waals surface area contributed by atoms with E-state index in [1.807, 2.05) is 81.5 Å². The van der Waals surface area contributed by atoms with Crippen LogP contribution < -0.4 is 11.5 Å². The van der Waals surface area contributed by atoms with Gasteiger partial charge in [-0.3, -0.25) is 0 Å². The van der Waals surface area contributed by atoms with Crippen LogP contribution in [0.5, 0.6) is 0 Å². The molecule has 0 amide bonds. The molecule has 1 aliphatic heterocycles. The first-order valence-electron chi connectivity index (χ1n) is 20.3. The van der Waals surface area contributed by atoms with Crippen molar-refractivity contribution < 1.29 is 0 Å². The maximum Gasteiger partial charge on any atom is 0.0429 e. The van der Waals surface area contributed by atoms with Crippen molar-refractivity contribution in [2.45, 2.75) is 149 Å². The zero-order chi connectivity index (χ0) is 42.2. The fourth-order valence-corrected chi connectivity index (χ4v) is 5.52. The Morgan fingerprint density at radius 2 is 1.52 bits per heavy atom. The van der Waals surface area contributed by atoms with E-state index in [-0.39, 0.29) is 6.04 Å². The van der Waals surface area contributed by atoms with E-state index in [2.05, 4.69) is 108 Å². The van der Waals surface area contributed by atoms with E-state index in [4.69, 9.17) is 18.0 Å². The highest BCUT2D eigenvalue weighted by atomic mass is 32.1. The predicted molar refractivity (Wildman–Crippen MR) is 251 cm³/mol. The Hall–Kier alpha value is -2.79. The molecule has 0 aromatic carbocycles. The van der Waals surface area contributed by atoms with Crippen LogP contribution in [0.15, 0.2) is 120 Å². The topological polar surface area (TPSA) is 55.3 Å². The molecule has 3 rings (SSSR count). The van der Waals surface area contributed by atoms with E-state index in [0.717, 1.165) is 50.8 Å². The summed E-state index contributed by atoms with van der Waals surface area (Å²) in [6.07, 6.45) is 22.2. The molecular weight excluding hydrogens is 651 g/mol. The summed E-state index contributed by atoms with van der Waals surface area (Å²) < 4.78 is 0. The van der Waals surface area contributed by atoms with Gasteiger partial charge in [0.15, 0.2) is 0 Å². The number of allylic oxidation sites excluding steroid dienone is 11. The first kappa shape index (κ1) is 61.3. The highest BCUT2D eigenvalue weighted by molar-refractivity contribution is 7.79. The average Bonchev–Trinajstić information content (AvgIpc) is 3.58. The summed E-state index contributed by atoms with van der Waals surface area (Å²) in [5, 5.41) is 1.96. The number of nitrogens with zero attached hydrogens (tertiary/aromatic N) is 1. The molecule has 0 saturated carbocycles. The molecule has 0 fully saturated rings. The third-order valence-electron chi connectivity index (χ3n) is 7.88. The highest BCUT2D eigenvalue weighted by Crippen LogP contribution is 2.37. The molecule has 1 heterocycles. The van der Waals surface area contributed by atoms with Crippen LogP contribution >= 0.6 is 12.2 Å². The van der Waals surface area contributed by atoms with Gasteiger partial charge in [-0.05, 0) is 93.5 Å². The predicted octanol–water partition coefficient (Wildman–Crippen LogP) is 14.6. The number of rotatable bonds is 8. The number of nitrogens with two attached hydrogens (primary N) is 2. The number of thiocarbonyl (C=S) groups is 1. The number of hydrogen-bond acceptors (Lipinski definition) is 4. The van der Waals surface area contributed by atoms with Crippen LogP contribution in [0.4, 0.5) is 0 Å². The largest absolute Gasteiger partial charge is 0.367 e. The molecule has 3 aliphatic rings. The van der Waals surface area contributed by atoms with Gasteiger partial charge in [0.1, 0.15) is 0 Å². The van der Waals surface area contributed by atoms with Gasteiger partial charge in [0, 0.05) is 30.7 Å². The minimum Gasteiger partial charge on any atom is -0.367 e. The van der Waals surface area contributed by atoms with E-state index in [1.54, 1.807) is 17.7 Å². The van der Waals surface area contributed by atoms with Gasteiger partial charge in [0.2, 0.25) is 0 Å². The first-order valence-corrected chi connectivity index (χ1v) is 20.8. The van der Waals surface area contributed by atoms with Crippen LogP contribution in [0.3, 0.4) is 0 Å². The van der Waals surface area contributed by atoms with Gasteiger partial charge in [-0.2, -0.15) is 0 Å². The molecular formula is C48H89N3S. The van der Waals surface area contributed by atoms with Crippen LogP contribution in [0.25, 0.3) is 0 Å². The van der Waals surface area contributed by atoms with E-state index in [0.29, 0.717) is 11.8 Å². The lowest BCUT2D eigenvalue weighted by molar-refractivity contribution is 0.351. The van der Waals surface area contributed by atoms with Crippen LogP contribution in [-0.2, 0) is 0 Å². The van der Waals surface area contributed by atoms with Crippen LogP contribution in [-0.4, -0.2) is 36.4 Å².